The summed E-state index contributed by atoms with van der Waals surface area (Å²) < 4.78 is 19.1. The first-order valence-electron chi connectivity index (χ1n) is 7.21. The van der Waals surface area contributed by atoms with Gasteiger partial charge in [-0.25, -0.2) is 0 Å². The summed E-state index contributed by atoms with van der Waals surface area (Å²) in [5.74, 6) is 0. The maximum absolute atomic E-state index is 8.59. The smallest absolute Gasteiger partial charge is 3.00 e. The van der Waals surface area contributed by atoms with Crippen LogP contribution in [0.4, 0.5) is 0 Å². The molecule has 0 saturated carbocycles. The van der Waals surface area contributed by atoms with E-state index in [0.717, 1.165) is 83.9 Å². The third kappa shape index (κ3) is 4.92. The minimum atomic E-state index is -6.55. The van der Waals surface area contributed by atoms with Crippen LogP contribution >= 0.6 is 0 Å². The second-order valence-corrected chi connectivity index (χ2v) is 31.9. The molecule has 0 rings (SSSR count). The zero-order valence-electron chi connectivity index (χ0n) is 18.8. The van der Waals surface area contributed by atoms with Crippen molar-refractivity contribution in [1.82, 2.24) is 0 Å². The van der Waals surface area contributed by atoms with Gasteiger partial charge in [-0.2, -0.15) is 0 Å². The molecule has 41 heavy (non-hydrogen) atoms. The van der Waals surface area contributed by atoms with Crippen molar-refractivity contribution < 1.29 is 76.9 Å². The Kier molecular flexibility index (Phi) is 12.5. The molecule has 0 aliphatic carbocycles. The average molecular weight is 1150 g/mol. The molecule has 0 saturated heterocycles. The quantitative estimate of drug-likeness (QED) is 0.294. The molecule has 23 heteroatoms. The van der Waals surface area contributed by atoms with Crippen LogP contribution in [0.5, 0.6) is 0 Å². The van der Waals surface area contributed by atoms with E-state index in [2.05, 4.69) is 0 Å². The van der Waals surface area contributed by atoms with E-state index < -0.39 is 37.3 Å². The third-order valence-electron chi connectivity index (χ3n) is 3.56. The summed E-state index contributed by atoms with van der Waals surface area (Å²) in [6.45, 7) is 0. The average Bonchev–Trinajstić information content (AvgIpc) is 3.06. The second kappa shape index (κ2) is 11.4. The molecule has 2 radical (unpaired) electrons. The Morgan fingerprint density at radius 2 is 0.220 bits per heavy atom. The fourth-order valence-electron chi connectivity index (χ4n) is 0.795. The topological polar surface area (TPSA) is 428 Å². The normalized spacial score (nSPS) is 12.7. The fraction of sp³-hybridized carbons (Fsp3) is 0. The van der Waals surface area contributed by atoms with Gasteiger partial charge in [-0.05, 0) is 0 Å². The van der Waals surface area contributed by atoms with E-state index in [4.69, 9.17) is 94.7 Å². The van der Waals surface area contributed by atoms with Crippen LogP contribution < -0.4 is 0 Å². The molecule has 0 atom stereocenters. The molecule has 0 N–H and O–H groups in total. The summed E-state index contributed by atoms with van der Waals surface area (Å²) in [6.07, 6.45) is 0. The van der Waals surface area contributed by atoms with E-state index in [-0.39, 0.29) is 39.6 Å². The molecule has 0 aliphatic heterocycles. The largest absolute Gasteiger partial charge is 3.00 e. The maximum atomic E-state index is 8.59. The van der Waals surface area contributed by atoms with Gasteiger partial charge < -0.3 is 0 Å². The van der Waals surface area contributed by atoms with Gasteiger partial charge in [0.25, 0.3) is 0 Å². The van der Waals surface area contributed by atoms with E-state index >= 15 is 0 Å². The fourth-order valence-corrected chi connectivity index (χ4v) is 4.71. The Balaban J connectivity index is -0.000000154. The first kappa shape index (κ1) is 44.9. The summed E-state index contributed by atoms with van der Waals surface area (Å²) in [5.41, 5.74) is 0. The van der Waals surface area contributed by atoms with Crippen LogP contribution in [0.2, 0.25) is 0 Å². The number of nitrogens with zero attached hydrogens (tertiary/aromatic N) is 18. The predicted molar refractivity (Wildman–Crippen MR) is 101 cm³/mol. The van der Waals surface area contributed by atoms with E-state index in [9.17, 15) is 0 Å². The monoisotopic (exact) mass is 1160 g/mol. The van der Waals surface area contributed by atoms with Gasteiger partial charge in [0.2, 0.25) is 0 Å². The van der Waals surface area contributed by atoms with Crippen molar-refractivity contribution in [3.05, 3.63) is 0 Å². The van der Waals surface area contributed by atoms with Crippen LogP contribution in [0, 0.1) is 179 Å². The van der Waals surface area contributed by atoms with E-state index in [1.165, 1.54) is 0 Å². The molecule has 0 heterocycles. The number of rotatable bonds is 0. The van der Waals surface area contributed by atoms with Gasteiger partial charge in [0, 0.05) is 0 Å². The molecule has 18 nitrogen and oxygen atoms in total. The summed E-state index contributed by atoms with van der Waals surface area (Å²) >= 11 is -19.6. The third-order valence-corrected chi connectivity index (χ3v) is 21.0. The summed E-state index contributed by atoms with van der Waals surface area (Å²) in [4.78, 5) is 0. The SMILES string of the molecule is N#[C][Ru-2]([C]#N)([C]#N)([C]#N)([C]#N)[C]#N.N#[C][Ru-2]([C]#N)([C]#N)([C]#N)([C]#N)[C]#N.N#[C][Ru-2]([C]#N)([C]#N)([C]#N)([C]#N)[C]#N.[Os+3].[Os+3]. The van der Waals surface area contributed by atoms with Gasteiger partial charge in [0.1, 0.15) is 0 Å². The Hall–Kier alpha value is -6.04. The van der Waals surface area contributed by atoms with E-state index in [0.29, 0.717) is 0 Å². The Labute approximate surface area is 253 Å². The van der Waals surface area contributed by atoms with Gasteiger partial charge >= 0.3 is 256 Å². The van der Waals surface area contributed by atoms with Crippen LogP contribution in [0.25, 0.3) is 0 Å². The molecule has 0 unspecified atom stereocenters. The maximum Gasteiger partial charge on any atom is 3.00 e. The summed E-state index contributed by atoms with van der Waals surface area (Å²) in [7, 11) is 0. The molecule has 0 aromatic carbocycles. The number of hydrogen-bond donors (Lipinski definition) is 0. The summed E-state index contributed by atoms with van der Waals surface area (Å²) in [6, 6.07) is 0. The van der Waals surface area contributed by atoms with Crippen molar-refractivity contribution in [3.8, 4) is 83.9 Å². The van der Waals surface area contributed by atoms with Crippen LogP contribution in [-0.2, 0) is 76.9 Å². The second-order valence-electron chi connectivity index (χ2n) is 5.40. The Morgan fingerprint density at radius 3 is 0.220 bits per heavy atom. The van der Waals surface area contributed by atoms with Gasteiger partial charge in [-0.3, -0.25) is 0 Å². The van der Waals surface area contributed by atoms with E-state index in [1.807, 2.05) is 0 Å². The number of nitriles is 18. The summed E-state index contributed by atoms with van der Waals surface area (Å²) in [5, 5.41) is 155. The van der Waals surface area contributed by atoms with Crippen LogP contribution in [0.1, 0.15) is 0 Å². The minimum absolute atomic E-state index is 0. The van der Waals surface area contributed by atoms with Crippen LogP contribution in [0.3, 0.4) is 0 Å². The van der Waals surface area contributed by atoms with Crippen molar-refractivity contribution >= 4 is 0 Å². The molecule has 0 spiro atoms. The Morgan fingerprint density at radius 1 is 0.171 bits per heavy atom. The predicted octanol–water partition coefficient (Wildman–Crippen LogP) is 0.290. The van der Waals surface area contributed by atoms with Crippen LogP contribution in [-0.4, -0.2) is 0 Å². The number of hydrogen-bond acceptors (Lipinski definition) is 18. The first-order valence-corrected chi connectivity index (χ1v) is 22.8. The van der Waals surface area contributed by atoms with Crippen LogP contribution in [0.15, 0.2) is 0 Å². The molecule has 0 fully saturated rings. The molecule has 0 aromatic heterocycles. The van der Waals surface area contributed by atoms with Gasteiger partial charge in [0.05, 0.1) is 0 Å². The minimum Gasteiger partial charge on any atom is 3.00 e. The van der Waals surface area contributed by atoms with Crippen molar-refractivity contribution in [2.45, 2.75) is 0 Å². The Bertz CT molecular complexity index is 1410. The van der Waals surface area contributed by atoms with Gasteiger partial charge in [-0.1, -0.05) is 0 Å². The van der Waals surface area contributed by atoms with Gasteiger partial charge in [0.15, 0.2) is 0 Å². The molecular weight excluding hydrogens is 1150 g/mol. The van der Waals surface area contributed by atoms with Crippen molar-refractivity contribution in [1.29, 1.82) is 94.7 Å². The zero-order valence-corrected chi connectivity index (χ0v) is 29.1. The molecular formula is C18N18Os2Ru3. The van der Waals surface area contributed by atoms with Gasteiger partial charge in [-0.15, -0.1) is 0 Å². The molecule has 0 amide bonds. The molecule has 0 aromatic rings. The van der Waals surface area contributed by atoms with Crippen molar-refractivity contribution in [2.75, 3.05) is 0 Å². The molecule has 0 bridgehead atoms. The molecule has 0 aliphatic rings. The standard InChI is InChI=1S/18CN.2Os.3Ru/c18*1-2;;;;;/q;;;;;;;;;;;;;;;;;;2*+3;3*-2. The first-order chi connectivity index (χ1) is 17.9. The van der Waals surface area contributed by atoms with Crippen molar-refractivity contribution in [3.63, 3.8) is 0 Å². The van der Waals surface area contributed by atoms with Crippen molar-refractivity contribution in [2.24, 2.45) is 0 Å². The zero-order chi connectivity index (χ0) is 32.0. The molecule has 202 valence electrons. The van der Waals surface area contributed by atoms with E-state index in [1.54, 1.807) is 0 Å².